The fraction of sp³-hybridized carbons (Fsp3) is 0.619. The summed E-state index contributed by atoms with van der Waals surface area (Å²) in [6, 6.07) is 1.57. The molecule has 1 saturated heterocycles. The van der Waals surface area contributed by atoms with Gasteiger partial charge < -0.3 is 20.5 Å². The Morgan fingerprint density at radius 3 is 2.74 bits per heavy atom. The number of rotatable bonds is 3. The Morgan fingerprint density at radius 1 is 1.32 bits per heavy atom. The number of amides is 1. The van der Waals surface area contributed by atoms with E-state index < -0.39 is 11.7 Å². The molecule has 4 rings (SSSR count). The van der Waals surface area contributed by atoms with Gasteiger partial charge in [-0.05, 0) is 33.6 Å². The number of nitrogen functional groups attached to an aromatic ring is 1. The molecule has 3 N–H and O–H groups in total. The molecule has 1 fully saturated rings. The molecule has 0 bridgehead atoms. The average molecular weight is 430 g/mol. The van der Waals surface area contributed by atoms with Crippen LogP contribution in [0.1, 0.15) is 56.7 Å². The zero-order chi connectivity index (χ0) is 22.3. The molecule has 0 aliphatic carbocycles. The minimum Gasteiger partial charge on any atom is -0.444 e. The van der Waals surface area contributed by atoms with Crippen LogP contribution in [0.3, 0.4) is 0 Å². The number of likely N-dealkylation sites (tertiary alicyclic amines) is 1. The number of aliphatic hydroxyl groups excluding tert-OH is 1. The van der Waals surface area contributed by atoms with Crippen LogP contribution in [0.5, 0.6) is 0 Å². The quantitative estimate of drug-likeness (QED) is 0.763. The molecule has 2 aliphatic rings. The van der Waals surface area contributed by atoms with Crippen molar-refractivity contribution in [2.75, 3.05) is 32.5 Å². The molecule has 168 valence electrons. The maximum atomic E-state index is 12.8. The summed E-state index contributed by atoms with van der Waals surface area (Å²) < 4.78 is 7.22. The fourth-order valence-electron chi connectivity index (χ4n) is 4.25. The molecule has 1 amide bonds. The monoisotopic (exact) mass is 429 g/mol. The van der Waals surface area contributed by atoms with Crippen molar-refractivity contribution in [3.05, 3.63) is 23.5 Å². The van der Waals surface area contributed by atoms with E-state index in [0.717, 1.165) is 29.9 Å². The summed E-state index contributed by atoms with van der Waals surface area (Å²) in [5, 5.41) is 20.4. The minimum atomic E-state index is -0.603. The van der Waals surface area contributed by atoms with Crippen LogP contribution in [0.25, 0.3) is 5.65 Å². The summed E-state index contributed by atoms with van der Waals surface area (Å²) in [6.45, 7) is 6.59. The number of aliphatic hydroxyl groups is 1. The molecule has 4 heterocycles. The number of piperidine rings is 1. The number of nitrogens with zero attached hydrogens (tertiary/aromatic N) is 6. The SMILES string of the molecule is CN1CC(c2cnn3c(N)cc([C@H]4CC[C@@H](CO)N(C(=O)OC(C)(C)C)C4)nc23)C=N1. The summed E-state index contributed by atoms with van der Waals surface area (Å²) in [7, 11) is 1.93. The number of aromatic nitrogens is 3. The van der Waals surface area contributed by atoms with Crippen molar-refractivity contribution in [3.63, 3.8) is 0 Å². The standard InChI is InChI=1S/C21H31N7O3/c1-21(2,3)31-20(30)27-11-13(5-6-15(27)12-29)17-7-18(22)28-19(25-17)16(9-24-28)14-8-23-26(4)10-14/h7-9,13-15,29H,5-6,10-12,22H2,1-4H3/t13-,14?,15-/m0/s1. The Balaban J connectivity index is 1.63. The Kier molecular flexibility index (Phi) is 5.50. The van der Waals surface area contributed by atoms with Crippen molar-refractivity contribution in [1.29, 1.82) is 0 Å². The van der Waals surface area contributed by atoms with E-state index in [1.165, 1.54) is 0 Å². The van der Waals surface area contributed by atoms with Crippen molar-refractivity contribution in [3.8, 4) is 0 Å². The second-order valence-corrected chi connectivity index (χ2v) is 9.40. The van der Waals surface area contributed by atoms with Crippen LogP contribution in [0, 0.1) is 0 Å². The van der Waals surface area contributed by atoms with E-state index in [4.69, 9.17) is 15.5 Å². The first-order valence-corrected chi connectivity index (χ1v) is 10.7. The summed E-state index contributed by atoms with van der Waals surface area (Å²) in [5.74, 6) is 0.598. The summed E-state index contributed by atoms with van der Waals surface area (Å²) in [6.07, 6.45) is 4.75. The number of hydrazone groups is 1. The molecule has 31 heavy (non-hydrogen) atoms. The van der Waals surface area contributed by atoms with Crippen molar-refractivity contribution < 1.29 is 14.6 Å². The zero-order valence-electron chi connectivity index (χ0n) is 18.5. The maximum Gasteiger partial charge on any atom is 0.410 e. The third-order valence-corrected chi connectivity index (χ3v) is 5.81. The smallest absolute Gasteiger partial charge is 0.410 e. The third kappa shape index (κ3) is 4.30. The van der Waals surface area contributed by atoms with Crippen LogP contribution in [-0.2, 0) is 4.74 Å². The van der Waals surface area contributed by atoms with Gasteiger partial charge in [0.25, 0.3) is 0 Å². The number of ether oxygens (including phenoxy) is 1. The summed E-state index contributed by atoms with van der Waals surface area (Å²) in [5.41, 5.74) is 8.22. The van der Waals surface area contributed by atoms with E-state index in [9.17, 15) is 9.90 Å². The Hall–Kier alpha value is -2.88. The molecule has 10 nitrogen and oxygen atoms in total. The molecule has 0 spiro atoms. The van der Waals surface area contributed by atoms with Crippen LogP contribution in [0.4, 0.5) is 10.6 Å². The van der Waals surface area contributed by atoms with E-state index in [2.05, 4.69) is 10.2 Å². The predicted molar refractivity (Wildman–Crippen MR) is 117 cm³/mol. The van der Waals surface area contributed by atoms with Crippen LogP contribution >= 0.6 is 0 Å². The van der Waals surface area contributed by atoms with Gasteiger partial charge in [0.1, 0.15) is 11.4 Å². The summed E-state index contributed by atoms with van der Waals surface area (Å²) >= 11 is 0. The average Bonchev–Trinajstić information content (AvgIpc) is 3.32. The summed E-state index contributed by atoms with van der Waals surface area (Å²) in [4.78, 5) is 19.3. The van der Waals surface area contributed by atoms with Crippen LogP contribution < -0.4 is 5.73 Å². The van der Waals surface area contributed by atoms with Crippen LogP contribution in [0.2, 0.25) is 0 Å². The van der Waals surface area contributed by atoms with Crippen molar-refractivity contribution >= 4 is 23.8 Å². The van der Waals surface area contributed by atoms with Crippen molar-refractivity contribution in [2.24, 2.45) is 5.10 Å². The number of carbonyl (C=O) groups is 1. The molecule has 0 aromatic carbocycles. The topological polar surface area (TPSA) is 122 Å². The van der Waals surface area contributed by atoms with E-state index in [1.54, 1.807) is 15.6 Å². The second kappa shape index (κ2) is 7.99. The molecule has 1 unspecified atom stereocenters. The highest BCUT2D eigenvalue weighted by atomic mass is 16.6. The largest absolute Gasteiger partial charge is 0.444 e. The Bertz CT molecular complexity index is 997. The van der Waals surface area contributed by atoms with E-state index in [1.807, 2.05) is 45.1 Å². The molecule has 0 radical (unpaired) electrons. The number of hydrogen-bond acceptors (Lipinski definition) is 8. The van der Waals surface area contributed by atoms with Crippen molar-refractivity contribution in [2.45, 2.75) is 57.1 Å². The highest BCUT2D eigenvalue weighted by Crippen LogP contribution is 2.32. The van der Waals surface area contributed by atoms with Gasteiger partial charge in [-0.1, -0.05) is 0 Å². The minimum absolute atomic E-state index is 0.00899. The highest BCUT2D eigenvalue weighted by Gasteiger charge is 2.35. The molecule has 10 heteroatoms. The molecule has 2 aromatic rings. The van der Waals surface area contributed by atoms with Gasteiger partial charge >= 0.3 is 6.09 Å². The van der Waals surface area contributed by atoms with E-state index in [-0.39, 0.29) is 24.5 Å². The maximum absolute atomic E-state index is 12.8. The fourth-order valence-corrected chi connectivity index (χ4v) is 4.25. The number of hydrogen-bond donors (Lipinski definition) is 2. The Morgan fingerprint density at radius 2 is 2.10 bits per heavy atom. The number of carbonyl (C=O) groups excluding carboxylic acids is 1. The lowest BCUT2D eigenvalue weighted by Crippen LogP contribution is -2.49. The lowest BCUT2D eigenvalue weighted by atomic mass is 9.90. The molecule has 0 saturated carbocycles. The lowest BCUT2D eigenvalue weighted by molar-refractivity contribution is -0.00118. The number of likely N-dealkylation sites (N-methyl/N-ethyl adjacent to an activating group) is 1. The van der Waals surface area contributed by atoms with Gasteiger partial charge in [-0.25, -0.2) is 9.78 Å². The first-order chi connectivity index (χ1) is 14.7. The highest BCUT2D eigenvalue weighted by molar-refractivity contribution is 5.74. The molecular weight excluding hydrogens is 398 g/mol. The van der Waals surface area contributed by atoms with Gasteiger partial charge in [0.05, 0.1) is 24.5 Å². The molecule has 2 aliphatic heterocycles. The molecule has 3 atom stereocenters. The van der Waals surface area contributed by atoms with Gasteiger partial charge in [-0.2, -0.15) is 14.7 Å². The molecule has 2 aromatic heterocycles. The zero-order valence-corrected chi connectivity index (χ0v) is 18.5. The van der Waals surface area contributed by atoms with Gasteiger partial charge in [0.15, 0.2) is 5.65 Å². The Labute approximate surface area is 181 Å². The molecular formula is C21H31N7O3. The van der Waals surface area contributed by atoms with Crippen LogP contribution in [-0.4, -0.2) is 80.3 Å². The second-order valence-electron chi connectivity index (χ2n) is 9.40. The predicted octanol–water partition coefficient (Wildman–Crippen LogP) is 1.80. The first kappa shape index (κ1) is 21.4. The van der Waals surface area contributed by atoms with Crippen molar-refractivity contribution in [1.82, 2.24) is 24.5 Å². The van der Waals surface area contributed by atoms with Gasteiger partial charge in [0, 0.05) is 49.8 Å². The number of anilines is 1. The first-order valence-electron chi connectivity index (χ1n) is 10.7. The van der Waals surface area contributed by atoms with E-state index in [0.29, 0.717) is 18.8 Å². The van der Waals surface area contributed by atoms with Gasteiger partial charge in [-0.3, -0.25) is 5.01 Å². The van der Waals surface area contributed by atoms with E-state index >= 15 is 0 Å². The third-order valence-electron chi connectivity index (χ3n) is 5.81. The number of nitrogens with two attached hydrogens (primary N) is 1. The lowest BCUT2D eigenvalue weighted by Gasteiger charge is -2.39. The van der Waals surface area contributed by atoms with Gasteiger partial charge in [0.2, 0.25) is 0 Å². The normalized spacial score (nSPS) is 24.2. The van der Waals surface area contributed by atoms with Gasteiger partial charge in [-0.15, -0.1) is 0 Å². The number of fused-ring (bicyclic) bond motifs is 1. The van der Waals surface area contributed by atoms with Crippen LogP contribution in [0.15, 0.2) is 17.4 Å².